The number of anilines is 1. The number of halogens is 2. The van der Waals surface area contributed by atoms with Crippen LogP contribution in [0.3, 0.4) is 0 Å². The third kappa shape index (κ3) is 3.52. The van der Waals surface area contributed by atoms with E-state index < -0.39 is 0 Å². The van der Waals surface area contributed by atoms with Crippen LogP contribution in [0.4, 0.5) is 5.82 Å². The fourth-order valence-electron chi connectivity index (χ4n) is 1.65. The van der Waals surface area contributed by atoms with Gasteiger partial charge >= 0.3 is 0 Å². The second-order valence-electron chi connectivity index (χ2n) is 3.87. The van der Waals surface area contributed by atoms with Gasteiger partial charge in [-0.1, -0.05) is 0 Å². The fourth-order valence-corrected chi connectivity index (χ4v) is 2.11. The van der Waals surface area contributed by atoms with E-state index in [1.807, 2.05) is 18.2 Å². The molecule has 106 valence electrons. The monoisotopic (exact) mass is 357 g/mol. The highest BCUT2D eigenvalue weighted by Gasteiger charge is 2.07. The second-order valence-corrected chi connectivity index (χ2v) is 5.06. The molecule has 20 heavy (non-hydrogen) atoms. The Morgan fingerprint density at radius 2 is 2.10 bits per heavy atom. The highest BCUT2D eigenvalue weighted by Crippen LogP contribution is 2.26. The summed E-state index contributed by atoms with van der Waals surface area (Å²) in [6.45, 7) is 0.541. The molecule has 0 aliphatic heterocycles. The smallest absolute Gasteiger partial charge is 0.224 e. The first-order valence-electron chi connectivity index (χ1n) is 5.77. The molecule has 1 aromatic heterocycles. The standard InChI is InChI=1S/C13H13BrClN3O2/c1-19-9-4-3-8(11(5-9)20-2)6-16-12-10(14)7-17-13(15)18-12/h3-5,7H,6H2,1-2H3,(H,16,17,18). The zero-order valence-electron chi connectivity index (χ0n) is 11.0. The van der Waals surface area contributed by atoms with E-state index in [0.717, 1.165) is 21.5 Å². The number of rotatable bonds is 5. The van der Waals surface area contributed by atoms with Gasteiger partial charge in [0, 0.05) is 24.4 Å². The lowest BCUT2D eigenvalue weighted by molar-refractivity contribution is 0.391. The third-order valence-corrected chi connectivity index (χ3v) is 3.42. The van der Waals surface area contributed by atoms with E-state index in [4.69, 9.17) is 21.1 Å². The zero-order chi connectivity index (χ0) is 14.5. The van der Waals surface area contributed by atoms with Crippen LogP contribution >= 0.6 is 27.5 Å². The second kappa shape index (κ2) is 6.76. The molecule has 0 aliphatic carbocycles. The molecule has 0 saturated carbocycles. The Bertz CT molecular complexity index is 610. The van der Waals surface area contributed by atoms with Gasteiger partial charge in [-0.25, -0.2) is 4.98 Å². The van der Waals surface area contributed by atoms with Crippen molar-refractivity contribution >= 4 is 33.3 Å². The minimum Gasteiger partial charge on any atom is -0.497 e. The highest BCUT2D eigenvalue weighted by atomic mass is 79.9. The molecular formula is C13H13BrClN3O2. The summed E-state index contributed by atoms with van der Waals surface area (Å²) in [5.41, 5.74) is 0.981. The Hall–Kier alpha value is -1.53. The van der Waals surface area contributed by atoms with Crippen molar-refractivity contribution in [1.82, 2.24) is 9.97 Å². The topological polar surface area (TPSA) is 56.3 Å². The summed E-state index contributed by atoms with van der Waals surface area (Å²) in [5, 5.41) is 3.37. The summed E-state index contributed by atoms with van der Waals surface area (Å²) in [4.78, 5) is 7.98. The van der Waals surface area contributed by atoms with E-state index >= 15 is 0 Å². The molecule has 0 bridgehead atoms. The van der Waals surface area contributed by atoms with Gasteiger partial charge in [-0.15, -0.1) is 0 Å². The van der Waals surface area contributed by atoms with Crippen molar-refractivity contribution in [3.8, 4) is 11.5 Å². The number of ether oxygens (including phenoxy) is 2. The quantitative estimate of drug-likeness (QED) is 0.829. The number of hydrogen-bond donors (Lipinski definition) is 1. The van der Waals surface area contributed by atoms with Gasteiger partial charge in [0.2, 0.25) is 5.28 Å². The molecule has 1 heterocycles. The number of methoxy groups -OCH3 is 2. The largest absolute Gasteiger partial charge is 0.497 e. The van der Waals surface area contributed by atoms with E-state index in [1.165, 1.54) is 0 Å². The maximum absolute atomic E-state index is 5.77. The molecule has 5 nitrogen and oxygen atoms in total. The van der Waals surface area contributed by atoms with Gasteiger partial charge in [-0.3, -0.25) is 0 Å². The number of benzene rings is 1. The van der Waals surface area contributed by atoms with E-state index in [0.29, 0.717) is 12.4 Å². The maximum atomic E-state index is 5.77. The predicted molar refractivity (Wildman–Crippen MR) is 81.6 cm³/mol. The van der Waals surface area contributed by atoms with Crippen molar-refractivity contribution in [1.29, 1.82) is 0 Å². The SMILES string of the molecule is COc1ccc(CNc2nc(Cl)ncc2Br)c(OC)c1. The van der Waals surface area contributed by atoms with Crippen LogP contribution in [0.5, 0.6) is 11.5 Å². The van der Waals surface area contributed by atoms with Gasteiger partial charge < -0.3 is 14.8 Å². The minimum atomic E-state index is 0.192. The van der Waals surface area contributed by atoms with Gasteiger partial charge in [-0.2, -0.15) is 4.98 Å². The van der Waals surface area contributed by atoms with Crippen LogP contribution in [-0.2, 0) is 6.54 Å². The molecule has 0 atom stereocenters. The van der Waals surface area contributed by atoms with Gasteiger partial charge in [0.1, 0.15) is 17.3 Å². The molecule has 0 saturated heterocycles. The molecule has 1 aromatic carbocycles. The van der Waals surface area contributed by atoms with Crippen LogP contribution in [0.15, 0.2) is 28.9 Å². The van der Waals surface area contributed by atoms with Crippen LogP contribution in [0.2, 0.25) is 5.28 Å². The lowest BCUT2D eigenvalue weighted by atomic mass is 10.2. The van der Waals surface area contributed by atoms with E-state index in [9.17, 15) is 0 Å². The number of hydrogen-bond acceptors (Lipinski definition) is 5. The van der Waals surface area contributed by atoms with Crippen molar-refractivity contribution in [2.24, 2.45) is 0 Å². The van der Waals surface area contributed by atoms with Crippen LogP contribution in [0.25, 0.3) is 0 Å². The lowest BCUT2D eigenvalue weighted by Crippen LogP contribution is -2.04. The molecule has 1 N–H and O–H groups in total. The van der Waals surface area contributed by atoms with Gasteiger partial charge in [0.05, 0.1) is 18.7 Å². The lowest BCUT2D eigenvalue weighted by Gasteiger charge is -2.12. The van der Waals surface area contributed by atoms with Crippen molar-refractivity contribution < 1.29 is 9.47 Å². The zero-order valence-corrected chi connectivity index (χ0v) is 13.3. The summed E-state index contributed by atoms with van der Waals surface area (Å²) in [7, 11) is 3.24. The first-order valence-corrected chi connectivity index (χ1v) is 6.94. The molecule has 0 radical (unpaired) electrons. The summed E-state index contributed by atoms with van der Waals surface area (Å²) >= 11 is 9.14. The van der Waals surface area contributed by atoms with Crippen molar-refractivity contribution in [3.05, 3.63) is 39.7 Å². The van der Waals surface area contributed by atoms with Crippen LogP contribution in [0.1, 0.15) is 5.56 Å². The average Bonchev–Trinajstić information content (AvgIpc) is 2.48. The Labute approximate surface area is 130 Å². The van der Waals surface area contributed by atoms with Crippen LogP contribution < -0.4 is 14.8 Å². The molecular weight excluding hydrogens is 346 g/mol. The average molecular weight is 359 g/mol. The number of nitrogens with one attached hydrogen (secondary N) is 1. The van der Waals surface area contributed by atoms with Crippen LogP contribution in [0, 0.1) is 0 Å². The van der Waals surface area contributed by atoms with Crippen molar-refractivity contribution in [2.45, 2.75) is 6.54 Å². The van der Waals surface area contributed by atoms with Crippen LogP contribution in [-0.4, -0.2) is 24.2 Å². The highest BCUT2D eigenvalue weighted by molar-refractivity contribution is 9.10. The minimum absolute atomic E-state index is 0.192. The predicted octanol–water partition coefficient (Wildman–Crippen LogP) is 3.52. The Morgan fingerprint density at radius 3 is 2.80 bits per heavy atom. The van der Waals surface area contributed by atoms with Crippen molar-refractivity contribution in [2.75, 3.05) is 19.5 Å². The molecule has 7 heteroatoms. The summed E-state index contributed by atoms with van der Waals surface area (Å²) in [6, 6.07) is 5.64. The molecule has 0 spiro atoms. The Kier molecular flexibility index (Phi) is 5.03. The van der Waals surface area contributed by atoms with Gasteiger partial charge in [0.25, 0.3) is 0 Å². The van der Waals surface area contributed by atoms with E-state index in [1.54, 1.807) is 20.4 Å². The molecule has 2 aromatic rings. The first kappa shape index (κ1) is 14.9. The number of aromatic nitrogens is 2. The van der Waals surface area contributed by atoms with E-state index in [-0.39, 0.29) is 5.28 Å². The van der Waals surface area contributed by atoms with Gasteiger partial charge in [0.15, 0.2) is 0 Å². The normalized spacial score (nSPS) is 10.2. The fraction of sp³-hybridized carbons (Fsp3) is 0.231. The molecule has 0 fully saturated rings. The molecule has 0 amide bonds. The summed E-state index contributed by atoms with van der Waals surface area (Å²) < 4.78 is 11.2. The first-order chi connectivity index (χ1) is 9.63. The van der Waals surface area contributed by atoms with E-state index in [2.05, 4.69) is 31.2 Å². The van der Waals surface area contributed by atoms with Crippen molar-refractivity contribution in [3.63, 3.8) is 0 Å². The summed E-state index contributed by atoms with van der Waals surface area (Å²) in [6.07, 6.45) is 1.60. The Morgan fingerprint density at radius 1 is 1.30 bits per heavy atom. The maximum Gasteiger partial charge on any atom is 0.224 e. The summed E-state index contributed by atoms with van der Waals surface area (Å²) in [5.74, 6) is 2.12. The number of nitrogens with zero attached hydrogens (tertiary/aromatic N) is 2. The molecule has 0 aliphatic rings. The molecule has 2 rings (SSSR count). The van der Waals surface area contributed by atoms with Gasteiger partial charge in [-0.05, 0) is 39.7 Å². The Balaban J connectivity index is 2.16. The third-order valence-electron chi connectivity index (χ3n) is 2.66. The molecule has 0 unspecified atom stereocenters.